The van der Waals surface area contributed by atoms with Crippen molar-refractivity contribution >= 4 is 39.8 Å². The molecule has 0 bridgehead atoms. The molecule has 0 radical (unpaired) electrons. The molecular formula is C24H21ClN4O3. The molecule has 7 nitrogen and oxygen atoms in total. The Morgan fingerprint density at radius 2 is 1.97 bits per heavy atom. The van der Waals surface area contributed by atoms with Crippen molar-refractivity contribution < 1.29 is 14.7 Å². The Kier molecular flexibility index (Phi) is 5.19. The van der Waals surface area contributed by atoms with Gasteiger partial charge in [-0.2, -0.15) is 0 Å². The van der Waals surface area contributed by atoms with Gasteiger partial charge in [0.25, 0.3) is 5.91 Å². The van der Waals surface area contributed by atoms with Crippen LogP contribution in [0.4, 0.5) is 0 Å². The first-order chi connectivity index (χ1) is 15.5. The fourth-order valence-electron chi connectivity index (χ4n) is 4.26. The van der Waals surface area contributed by atoms with Crippen molar-refractivity contribution in [2.45, 2.75) is 25.4 Å². The molecule has 1 aliphatic heterocycles. The van der Waals surface area contributed by atoms with Crippen molar-refractivity contribution in [3.63, 3.8) is 0 Å². The number of amides is 2. The highest BCUT2D eigenvalue weighted by Crippen LogP contribution is 2.31. The number of aromatic nitrogens is 2. The summed E-state index contributed by atoms with van der Waals surface area (Å²) in [5.74, 6) is -0.623. The van der Waals surface area contributed by atoms with Crippen LogP contribution in [0.25, 0.3) is 16.4 Å². The monoisotopic (exact) mass is 448 g/mol. The van der Waals surface area contributed by atoms with Crippen LogP contribution in [0.1, 0.15) is 28.9 Å². The highest BCUT2D eigenvalue weighted by Gasteiger charge is 2.35. The van der Waals surface area contributed by atoms with Crippen LogP contribution >= 0.6 is 11.6 Å². The Morgan fingerprint density at radius 3 is 2.84 bits per heavy atom. The van der Waals surface area contributed by atoms with Crippen LogP contribution in [-0.4, -0.2) is 43.8 Å². The maximum Gasteiger partial charge on any atom is 0.258 e. The van der Waals surface area contributed by atoms with E-state index in [-0.39, 0.29) is 29.7 Å². The van der Waals surface area contributed by atoms with E-state index in [2.05, 4.69) is 10.3 Å². The van der Waals surface area contributed by atoms with Gasteiger partial charge < -0.3 is 19.7 Å². The topological polar surface area (TPSA) is 86.9 Å². The number of aromatic hydroxyl groups is 1. The first-order valence-electron chi connectivity index (χ1n) is 10.4. The minimum Gasteiger partial charge on any atom is -0.506 e. The molecule has 0 spiro atoms. The van der Waals surface area contributed by atoms with Crippen molar-refractivity contribution in [3.8, 4) is 5.75 Å². The predicted octanol–water partition coefficient (Wildman–Crippen LogP) is 3.77. The number of carbonyl (C=O) groups is 2. The molecule has 2 N–H and O–H groups in total. The van der Waals surface area contributed by atoms with E-state index in [1.165, 1.54) is 0 Å². The number of nitrogens with one attached hydrogen (secondary N) is 1. The quantitative estimate of drug-likeness (QED) is 0.497. The summed E-state index contributed by atoms with van der Waals surface area (Å²) in [5, 5.41) is 15.6. The molecule has 2 aromatic heterocycles. The number of hydrogen-bond acceptors (Lipinski definition) is 4. The molecule has 0 aliphatic carbocycles. The van der Waals surface area contributed by atoms with Crippen LogP contribution in [-0.2, 0) is 11.3 Å². The second-order valence-corrected chi connectivity index (χ2v) is 8.34. The summed E-state index contributed by atoms with van der Waals surface area (Å²) in [6, 6.07) is 13.8. The molecule has 1 unspecified atom stereocenters. The maximum absolute atomic E-state index is 13.2. The van der Waals surface area contributed by atoms with Crippen LogP contribution in [0, 0.1) is 0 Å². The molecule has 2 amide bonds. The van der Waals surface area contributed by atoms with Gasteiger partial charge in [-0.3, -0.25) is 9.59 Å². The average molecular weight is 449 g/mol. The molecule has 3 heterocycles. The molecule has 8 heteroatoms. The number of benzene rings is 2. The average Bonchev–Trinajstić information content (AvgIpc) is 3.44. The molecule has 1 saturated heterocycles. The molecule has 1 aliphatic rings. The number of halogens is 1. The van der Waals surface area contributed by atoms with E-state index in [1.807, 2.05) is 30.5 Å². The summed E-state index contributed by atoms with van der Waals surface area (Å²) in [6.45, 7) is 0.716. The van der Waals surface area contributed by atoms with Gasteiger partial charge in [-0.1, -0.05) is 41.9 Å². The van der Waals surface area contributed by atoms with Gasteiger partial charge in [0.1, 0.15) is 17.4 Å². The number of hydrogen-bond donors (Lipinski definition) is 2. The predicted molar refractivity (Wildman–Crippen MR) is 122 cm³/mol. The molecule has 162 valence electrons. The zero-order valence-electron chi connectivity index (χ0n) is 17.2. The molecule has 4 aromatic rings. The van der Waals surface area contributed by atoms with Crippen molar-refractivity contribution in [2.75, 3.05) is 6.54 Å². The van der Waals surface area contributed by atoms with E-state index in [4.69, 9.17) is 11.6 Å². The van der Waals surface area contributed by atoms with Gasteiger partial charge in [0, 0.05) is 24.3 Å². The standard InChI is InChI=1S/C24H21ClN4O3/c25-16-8-10-21-27-17(14-28(21)13-16)12-26-23(31)20-6-3-11-29(20)24(32)19-9-7-15-4-1-2-5-18(15)22(19)30/h1-2,4-5,7-10,13-14,20,30H,3,6,11-12H2,(H,26,31). The van der Waals surface area contributed by atoms with Gasteiger partial charge in [0.2, 0.25) is 5.91 Å². The second-order valence-electron chi connectivity index (χ2n) is 7.90. The van der Waals surface area contributed by atoms with E-state index in [0.29, 0.717) is 29.1 Å². The van der Waals surface area contributed by atoms with Crippen molar-refractivity contribution in [1.29, 1.82) is 0 Å². The lowest BCUT2D eigenvalue weighted by atomic mass is 10.0. The zero-order valence-corrected chi connectivity index (χ0v) is 17.9. The number of nitrogens with zero attached hydrogens (tertiary/aromatic N) is 3. The molecular weight excluding hydrogens is 428 g/mol. The highest BCUT2D eigenvalue weighted by molar-refractivity contribution is 6.30. The fourth-order valence-corrected chi connectivity index (χ4v) is 4.43. The third-order valence-corrected chi connectivity index (χ3v) is 6.08. The van der Waals surface area contributed by atoms with Gasteiger partial charge >= 0.3 is 0 Å². The molecule has 32 heavy (non-hydrogen) atoms. The number of phenolic OH excluding ortho intramolecular Hbond substituents is 1. The summed E-state index contributed by atoms with van der Waals surface area (Å²) in [6.07, 6.45) is 4.87. The van der Waals surface area contributed by atoms with Crippen LogP contribution in [0.15, 0.2) is 60.9 Å². The maximum atomic E-state index is 13.2. The van der Waals surface area contributed by atoms with E-state index in [9.17, 15) is 14.7 Å². The zero-order chi connectivity index (χ0) is 22.2. The minimum absolute atomic E-state index is 0.0532. The largest absolute Gasteiger partial charge is 0.506 e. The molecule has 1 fully saturated rings. The smallest absolute Gasteiger partial charge is 0.258 e. The van der Waals surface area contributed by atoms with Gasteiger partial charge in [-0.15, -0.1) is 0 Å². The van der Waals surface area contributed by atoms with Crippen LogP contribution in [0.3, 0.4) is 0 Å². The molecule has 5 rings (SSSR count). The van der Waals surface area contributed by atoms with Crippen molar-refractivity contribution in [3.05, 3.63) is 77.2 Å². The Bertz CT molecular complexity index is 1350. The number of rotatable bonds is 4. The Labute approximate surface area is 189 Å². The van der Waals surface area contributed by atoms with Gasteiger partial charge in [-0.25, -0.2) is 4.98 Å². The number of likely N-dealkylation sites (tertiary alicyclic amines) is 1. The van der Waals surface area contributed by atoms with Crippen molar-refractivity contribution in [1.82, 2.24) is 19.6 Å². The van der Waals surface area contributed by atoms with Gasteiger partial charge in [-0.05, 0) is 36.4 Å². The lowest BCUT2D eigenvalue weighted by molar-refractivity contribution is -0.125. The van der Waals surface area contributed by atoms with Crippen LogP contribution < -0.4 is 5.32 Å². The summed E-state index contributed by atoms with van der Waals surface area (Å²) in [5.41, 5.74) is 1.65. The van der Waals surface area contributed by atoms with Crippen LogP contribution in [0.5, 0.6) is 5.75 Å². The van der Waals surface area contributed by atoms with Gasteiger partial charge in [0.15, 0.2) is 0 Å². The molecule has 0 saturated carbocycles. The van der Waals surface area contributed by atoms with E-state index in [0.717, 1.165) is 17.5 Å². The Morgan fingerprint density at radius 1 is 1.12 bits per heavy atom. The fraction of sp³-hybridized carbons (Fsp3) is 0.208. The molecule has 1 atom stereocenters. The SMILES string of the molecule is O=C(NCc1cn2cc(Cl)ccc2n1)C1CCCN1C(=O)c1ccc2ccccc2c1O. The number of phenols is 1. The normalized spacial score (nSPS) is 16.0. The number of pyridine rings is 1. The van der Waals surface area contributed by atoms with Crippen molar-refractivity contribution in [2.24, 2.45) is 0 Å². The highest BCUT2D eigenvalue weighted by atomic mass is 35.5. The third-order valence-electron chi connectivity index (χ3n) is 5.86. The summed E-state index contributed by atoms with van der Waals surface area (Å²) < 4.78 is 1.80. The van der Waals surface area contributed by atoms with E-state index >= 15 is 0 Å². The second kappa shape index (κ2) is 8.16. The molecule has 2 aromatic carbocycles. The first-order valence-corrected chi connectivity index (χ1v) is 10.8. The van der Waals surface area contributed by atoms with Gasteiger partial charge in [0.05, 0.1) is 22.8 Å². The number of fused-ring (bicyclic) bond motifs is 2. The Balaban J connectivity index is 1.32. The summed E-state index contributed by atoms with van der Waals surface area (Å²) in [4.78, 5) is 32.1. The summed E-state index contributed by atoms with van der Waals surface area (Å²) >= 11 is 6.01. The Hall–Kier alpha value is -3.58. The number of carbonyl (C=O) groups excluding carboxylic acids is 2. The summed E-state index contributed by atoms with van der Waals surface area (Å²) in [7, 11) is 0. The van der Waals surface area contributed by atoms with E-state index < -0.39 is 6.04 Å². The first kappa shape index (κ1) is 20.3. The lowest BCUT2D eigenvalue weighted by Gasteiger charge is -2.24. The minimum atomic E-state index is -0.583. The third kappa shape index (κ3) is 3.65. The van der Waals surface area contributed by atoms with E-state index in [1.54, 1.807) is 39.8 Å². The van der Waals surface area contributed by atoms with Crippen LogP contribution in [0.2, 0.25) is 5.02 Å². The number of imidazole rings is 1. The lowest BCUT2D eigenvalue weighted by Crippen LogP contribution is -2.45.